The van der Waals surface area contributed by atoms with Gasteiger partial charge >= 0.3 is 0 Å². The summed E-state index contributed by atoms with van der Waals surface area (Å²) in [6, 6.07) is 3.28. The highest BCUT2D eigenvalue weighted by molar-refractivity contribution is 9.10. The average molecular weight is 331 g/mol. The normalized spacial score (nSPS) is 18.4. The zero-order valence-corrected chi connectivity index (χ0v) is 13.1. The average Bonchev–Trinajstić information content (AvgIpc) is 2.28. The van der Waals surface area contributed by atoms with Crippen LogP contribution in [0.4, 0.5) is 10.1 Å². The van der Waals surface area contributed by atoms with Gasteiger partial charge in [0.05, 0.1) is 4.47 Å². The molecular formula is C13H16BrFN2S. The molecular weight excluding hydrogens is 315 g/mol. The van der Waals surface area contributed by atoms with Crippen LogP contribution in [-0.2, 0) is 0 Å². The number of aliphatic imine (C=N–C) groups is 1. The highest BCUT2D eigenvalue weighted by Crippen LogP contribution is 2.30. The molecule has 2 rings (SSSR count). The van der Waals surface area contributed by atoms with Gasteiger partial charge in [-0.25, -0.2) is 4.39 Å². The summed E-state index contributed by atoms with van der Waals surface area (Å²) in [4.78, 5) is 4.53. The van der Waals surface area contributed by atoms with Crippen LogP contribution < -0.4 is 5.32 Å². The zero-order chi connectivity index (χ0) is 13.3. The maximum absolute atomic E-state index is 13.3. The molecule has 0 atom stereocenters. The number of aryl methyl sites for hydroxylation is 1. The molecule has 1 heterocycles. The first-order valence-electron chi connectivity index (χ1n) is 5.77. The predicted molar refractivity (Wildman–Crippen MR) is 81.0 cm³/mol. The fraction of sp³-hybridized carbons (Fsp3) is 0.462. The van der Waals surface area contributed by atoms with Gasteiger partial charge in [0.25, 0.3) is 0 Å². The molecule has 18 heavy (non-hydrogen) atoms. The molecule has 0 amide bonds. The molecule has 98 valence electrons. The molecule has 0 saturated carbocycles. The second kappa shape index (κ2) is 5.21. The van der Waals surface area contributed by atoms with E-state index >= 15 is 0 Å². The van der Waals surface area contributed by atoms with Gasteiger partial charge in [0.15, 0.2) is 5.17 Å². The first-order valence-corrected chi connectivity index (χ1v) is 7.55. The van der Waals surface area contributed by atoms with Crippen molar-refractivity contribution in [2.24, 2.45) is 10.4 Å². The van der Waals surface area contributed by atoms with Crippen molar-refractivity contribution in [3.8, 4) is 0 Å². The van der Waals surface area contributed by atoms with Gasteiger partial charge in [-0.05, 0) is 46.0 Å². The highest BCUT2D eigenvalue weighted by Gasteiger charge is 2.23. The van der Waals surface area contributed by atoms with Crippen LogP contribution in [0.25, 0.3) is 0 Å². The number of nitrogens with one attached hydrogen (secondary N) is 1. The van der Waals surface area contributed by atoms with Crippen molar-refractivity contribution >= 4 is 38.5 Å². The maximum Gasteiger partial charge on any atom is 0.161 e. The van der Waals surface area contributed by atoms with Crippen LogP contribution in [0.1, 0.15) is 19.4 Å². The summed E-state index contributed by atoms with van der Waals surface area (Å²) in [6.07, 6.45) is 0. The molecule has 0 radical (unpaired) electrons. The Labute approximate surface area is 120 Å². The minimum atomic E-state index is -0.239. The number of anilines is 1. The van der Waals surface area contributed by atoms with E-state index in [2.05, 4.69) is 40.1 Å². The Balaban J connectivity index is 2.16. The lowest BCUT2D eigenvalue weighted by Gasteiger charge is -2.27. The zero-order valence-electron chi connectivity index (χ0n) is 10.7. The number of thioether (sulfide) groups is 1. The molecule has 1 aromatic carbocycles. The molecule has 0 saturated heterocycles. The standard InChI is InChI=1S/C13H16BrFN2S/c1-8-4-10(15)9(14)5-11(8)17-12-16-6-13(2,3)7-18-12/h4-5H,6-7H2,1-3H3,(H,16,17). The Kier molecular flexibility index (Phi) is 4.02. The predicted octanol–water partition coefficient (Wildman–Crippen LogP) is 4.44. The monoisotopic (exact) mass is 330 g/mol. The molecule has 0 fully saturated rings. The van der Waals surface area contributed by atoms with Crippen LogP contribution in [0.5, 0.6) is 0 Å². The van der Waals surface area contributed by atoms with Gasteiger partial charge < -0.3 is 5.32 Å². The van der Waals surface area contributed by atoms with E-state index in [-0.39, 0.29) is 11.2 Å². The quantitative estimate of drug-likeness (QED) is 0.823. The van der Waals surface area contributed by atoms with E-state index in [4.69, 9.17) is 0 Å². The van der Waals surface area contributed by atoms with Crippen LogP contribution in [-0.4, -0.2) is 17.5 Å². The Hall–Kier alpha value is -0.550. The van der Waals surface area contributed by atoms with Crippen LogP contribution in [0.2, 0.25) is 0 Å². The number of hydrogen-bond donors (Lipinski definition) is 1. The van der Waals surface area contributed by atoms with Crippen LogP contribution >= 0.6 is 27.7 Å². The van der Waals surface area contributed by atoms with E-state index in [1.165, 1.54) is 6.07 Å². The number of rotatable bonds is 1. The number of benzene rings is 1. The molecule has 0 aromatic heterocycles. The SMILES string of the molecule is Cc1cc(F)c(Br)cc1NC1=NCC(C)(C)CS1. The van der Waals surface area contributed by atoms with Crippen LogP contribution in [0.3, 0.4) is 0 Å². The molecule has 0 aliphatic carbocycles. The van der Waals surface area contributed by atoms with Gasteiger partial charge in [-0.3, -0.25) is 4.99 Å². The van der Waals surface area contributed by atoms with E-state index in [1.807, 2.05) is 6.92 Å². The third kappa shape index (κ3) is 3.26. The third-order valence-electron chi connectivity index (χ3n) is 2.76. The van der Waals surface area contributed by atoms with Crippen molar-refractivity contribution in [2.75, 3.05) is 17.6 Å². The van der Waals surface area contributed by atoms with Crippen molar-refractivity contribution in [1.29, 1.82) is 0 Å². The number of hydrogen-bond acceptors (Lipinski definition) is 3. The van der Waals surface area contributed by atoms with Gasteiger partial charge in [-0.2, -0.15) is 0 Å². The summed E-state index contributed by atoms with van der Waals surface area (Å²) in [5, 5.41) is 4.18. The van der Waals surface area contributed by atoms with E-state index < -0.39 is 0 Å². The summed E-state index contributed by atoms with van der Waals surface area (Å²) in [5.41, 5.74) is 2.03. The van der Waals surface area contributed by atoms with E-state index in [0.717, 1.165) is 28.7 Å². The Morgan fingerprint density at radius 2 is 2.17 bits per heavy atom. The molecule has 2 nitrogen and oxygen atoms in total. The molecule has 1 aliphatic rings. The third-order valence-corrected chi connectivity index (χ3v) is 4.80. The number of nitrogens with zero attached hydrogens (tertiary/aromatic N) is 1. The first kappa shape index (κ1) is 13.9. The lowest BCUT2D eigenvalue weighted by Crippen LogP contribution is -2.27. The smallest absolute Gasteiger partial charge is 0.161 e. The minimum absolute atomic E-state index is 0.239. The van der Waals surface area contributed by atoms with Crippen LogP contribution in [0, 0.1) is 18.2 Å². The van der Waals surface area contributed by atoms with Gasteiger partial charge in [-0.15, -0.1) is 0 Å². The molecule has 0 unspecified atom stereocenters. The van der Waals surface area contributed by atoms with Crippen molar-refractivity contribution in [2.45, 2.75) is 20.8 Å². The van der Waals surface area contributed by atoms with Gasteiger partial charge in [0, 0.05) is 18.0 Å². The Morgan fingerprint density at radius 3 is 2.78 bits per heavy atom. The van der Waals surface area contributed by atoms with E-state index in [0.29, 0.717) is 4.47 Å². The van der Waals surface area contributed by atoms with Crippen LogP contribution in [0.15, 0.2) is 21.6 Å². The van der Waals surface area contributed by atoms with Gasteiger partial charge in [0.2, 0.25) is 0 Å². The molecule has 1 aromatic rings. The summed E-state index contributed by atoms with van der Waals surface area (Å²) in [7, 11) is 0. The fourth-order valence-electron chi connectivity index (χ4n) is 1.61. The number of halogens is 2. The van der Waals surface area contributed by atoms with E-state index in [1.54, 1.807) is 17.8 Å². The highest BCUT2D eigenvalue weighted by atomic mass is 79.9. The lowest BCUT2D eigenvalue weighted by atomic mass is 9.97. The van der Waals surface area contributed by atoms with Crippen molar-refractivity contribution in [3.63, 3.8) is 0 Å². The Morgan fingerprint density at radius 1 is 1.44 bits per heavy atom. The number of amidine groups is 1. The van der Waals surface area contributed by atoms with Gasteiger partial charge in [-0.1, -0.05) is 25.6 Å². The van der Waals surface area contributed by atoms with Crippen molar-refractivity contribution < 1.29 is 4.39 Å². The summed E-state index contributed by atoms with van der Waals surface area (Å²) in [5.74, 6) is 0.803. The summed E-state index contributed by atoms with van der Waals surface area (Å²) in [6.45, 7) is 7.12. The fourth-order valence-corrected chi connectivity index (χ4v) is 2.91. The summed E-state index contributed by atoms with van der Waals surface area (Å²) < 4.78 is 13.8. The largest absolute Gasteiger partial charge is 0.335 e. The Bertz CT molecular complexity index is 500. The lowest BCUT2D eigenvalue weighted by molar-refractivity contribution is 0.438. The topological polar surface area (TPSA) is 24.4 Å². The first-order chi connectivity index (χ1) is 8.37. The molecule has 1 aliphatic heterocycles. The maximum atomic E-state index is 13.3. The molecule has 1 N–H and O–H groups in total. The summed E-state index contributed by atoms with van der Waals surface area (Å²) >= 11 is 4.92. The van der Waals surface area contributed by atoms with Crippen molar-refractivity contribution in [1.82, 2.24) is 0 Å². The second-order valence-corrected chi connectivity index (χ2v) is 7.10. The van der Waals surface area contributed by atoms with Crippen molar-refractivity contribution in [3.05, 3.63) is 28.0 Å². The molecule has 0 spiro atoms. The minimum Gasteiger partial charge on any atom is -0.335 e. The van der Waals surface area contributed by atoms with E-state index in [9.17, 15) is 4.39 Å². The molecule has 5 heteroatoms. The second-order valence-electron chi connectivity index (χ2n) is 5.28. The van der Waals surface area contributed by atoms with Gasteiger partial charge in [0.1, 0.15) is 5.82 Å². The molecule has 0 bridgehead atoms.